The van der Waals surface area contributed by atoms with Crippen molar-refractivity contribution in [3.63, 3.8) is 0 Å². The molecule has 0 radical (unpaired) electrons. The molecular formula is C114H198N4O10Si2. The van der Waals surface area contributed by atoms with E-state index in [1.807, 2.05) is 17.0 Å². The van der Waals surface area contributed by atoms with Gasteiger partial charge in [0.05, 0.1) is 32.0 Å². The van der Waals surface area contributed by atoms with Gasteiger partial charge in [-0.3, -0.25) is 28.9 Å². The maximum atomic E-state index is 13.8. The molecule has 0 bridgehead atoms. The molecule has 0 aliphatic heterocycles. The number of esters is 2. The van der Waals surface area contributed by atoms with Crippen molar-refractivity contribution in [3.05, 3.63) is 121 Å². The first-order chi connectivity index (χ1) is 63.1. The monoisotopic (exact) mass is 1840 g/mol. The average molecular weight is 1840 g/mol. The SMILES string of the molecule is CCCCCCCCCCCCCC(=O)N[C@@H](CO[Si](c1ccccc1)(c1ccccc1)C(C)(C)C)CN(CC[C@@H](CCCCCCC)OC(=O)CCCCCCCCCCC)C(C)=O.CCCCCCCCCCCCCC(=O)N[C@@H](CO[Si](c1ccccc1)(c1ccccc1)C(C)(C)C)CN(CC[C@@H](CCCCCCC)OC(=O)CCCCCCCCCCC)COC. The minimum Gasteiger partial charge on any atom is -0.462 e. The van der Waals surface area contributed by atoms with E-state index in [1.165, 1.54) is 258 Å². The number of benzene rings is 4. The first kappa shape index (κ1) is 119. The van der Waals surface area contributed by atoms with Crippen LogP contribution in [0.25, 0.3) is 0 Å². The van der Waals surface area contributed by atoms with Crippen LogP contribution in [0.2, 0.25) is 10.1 Å². The van der Waals surface area contributed by atoms with Gasteiger partial charge >= 0.3 is 11.9 Å². The van der Waals surface area contributed by atoms with E-state index in [0.29, 0.717) is 71.6 Å². The summed E-state index contributed by atoms with van der Waals surface area (Å²) in [5.74, 6) is -0.133. The fraction of sp³-hybridized carbons (Fsp3) is 0.746. The molecule has 4 aromatic carbocycles. The molecule has 4 atom stereocenters. The molecule has 0 saturated heterocycles. The van der Waals surface area contributed by atoms with Crippen LogP contribution in [-0.2, 0) is 47.0 Å². The predicted molar refractivity (Wildman–Crippen MR) is 558 cm³/mol. The van der Waals surface area contributed by atoms with E-state index in [1.54, 1.807) is 14.0 Å². The number of rotatable bonds is 82. The van der Waals surface area contributed by atoms with Gasteiger partial charge in [0.1, 0.15) is 12.2 Å². The fourth-order valence-corrected chi connectivity index (χ4v) is 28.1. The van der Waals surface area contributed by atoms with Gasteiger partial charge in [-0.1, -0.05) is 487 Å². The van der Waals surface area contributed by atoms with Crippen molar-refractivity contribution in [1.82, 2.24) is 20.4 Å². The Labute approximate surface area is 800 Å². The Bertz CT molecular complexity index is 3260. The van der Waals surface area contributed by atoms with E-state index in [4.69, 9.17) is 23.1 Å². The van der Waals surface area contributed by atoms with E-state index >= 15 is 0 Å². The van der Waals surface area contributed by atoms with E-state index in [2.05, 4.69) is 208 Å². The number of hydrogen-bond donors (Lipinski definition) is 2. The molecule has 14 nitrogen and oxygen atoms in total. The summed E-state index contributed by atoms with van der Waals surface area (Å²) in [7, 11) is -4.03. The van der Waals surface area contributed by atoms with Crippen LogP contribution in [0.5, 0.6) is 0 Å². The topological polar surface area (TPSA) is 162 Å². The molecule has 16 heteroatoms. The van der Waals surface area contributed by atoms with Gasteiger partial charge in [0, 0.05) is 72.3 Å². The van der Waals surface area contributed by atoms with Crippen molar-refractivity contribution in [1.29, 1.82) is 0 Å². The number of unbranched alkanes of at least 4 members (excludes halogenated alkanes) is 44. The second kappa shape index (κ2) is 76.6. The van der Waals surface area contributed by atoms with Gasteiger partial charge in [-0.25, -0.2) is 0 Å². The standard InChI is InChI=1S/C57H100N2O5Si.C57H98N2O5Si/c1-8-11-14-17-19-21-22-24-25-28-37-44-55(60)58-51(49-63-65(57(4,5)6,53-40-33-30-34-41-53)54-42-35-31-36-43-54)48-59(50-62-7)47-46-52(39-32-27-16-13-10-3)64-56(61)45-38-29-26-23-20-18-15-12-9-2;1-8-11-14-17-19-21-22-24-25-28-37-44-55(61)58-51(49-63-65(57(5,6)7,53-40-33-30-34-41-53)54-42-35-31-36-43-54)48-59(50(4)60)47-46-52(39-32-27-16-13-10-3)64-56(62)45-38-29-26-23-20-18-15-12-9-2/h30-31,33-36,40-43,51-52H,8-29,32,37-39,44-50H2,1-7H3,(H,58,60);30-31,33-36,40-43,51-52H,8-29,32,37-39,44-49H2,1-7H3,(H,58,61)/t2*51-,52-/m11/s1. The second-order valence-electron chi connectivity index (χ2n) is 40.4. The van der Waals surface area contributed by atoms with E-state index in [0.717, 1.165) is 103 Å². The van der Waals surface area contributed by atoms with Crippen molar-refractivity contribution in [2.75, 3.05) is 53.2 Å². The number of amides is 3. The van der Waals surface area contributed by atoms with Crippen molar-refractivity contribution in [2.24, 2.45) is 0 Å². The molecule has 0 heterocycles. The Morgan fingerprint density at radius 1 is 0.315 bits per heavy atom. The minimum absolute atomic E-state index is 0.0100. The first-order valence-corrected chi connectivity index (χ1v) is 57.8. The molecule has 0 spiro atoms. The highest BCUT2D eigenvalue weighted by Crippen LogP contribution is 2.39. The van der Waals surface area contributed by atoms with Gasteiger partial charge in [-0.15, -0.1) is 0 Å². The molecule has 0 fully saturated rings. The minimum atomic E-state index is -2.92. The predicted octanol–water partition coefficient (Wildman–Crippen LogP) is 28.4. The number of carbonyl (C=O) groups is 5. The number of nitrogens with zero attached hydrogens (tertiary/aromatic N) is 2. The maximum absolute atomic E-state index is 13.8. The van der Waals surface area contributed by atoms with Gasteiger partial charge < -0.3 is 38.6 Å². The zero-order valence-electron chi connectivity index (χ0n) is 86.3. The summed E-state index contributed by atoms with van der Waals surface area (Å²) in [6, 6.07) is 42.0. The van der Waals surface area contributed by atoms with Gasteiger partial charge in [0.15, 0.2) is 0 Å². The Balaban J connectivity index is 0.000000670. The van der Waals surface area contributed by atoms with Crippen LogP contribution >= 0.6 is 0 Å². The van der Waals surface area contributed by atoms with Crippen molar-refractivity contribution in [2.45, 2.75) is 497 Å². The highest BCUT2D eigenvalue weighted by molar-refractivity contribution is 7.00. The lowest BCUT2D eigenvalue weighted by Crippen LogP contribution is -2.67. The average Bonchev–Trinajstić information content (AvgIpc) is 0.752. The fourth-order valence-electron chi connectivity index (χ4n) is 18.9. The summed E-state index contributed by atoms with van der Waals surface area (Å²) >= 11 is 0. The molecular weight excluding hydrogens is 1640 g/mol. The van der Waals surface area contributed by atoms with E-state index < -0.39 is 22.7 Å². The Morgan fingerprint density at radius 2 is 0.562 bits per heavy atom. The largest absolute Gasteiger partial charge is 0.462 e. The van der Waals surface area contributed by atoms with Crippen LogP contribution in [0.4, 0.5) is 0 Å². The Morgan fingerprint density at radius 3 is 0.823 bits per heavy atom. The van der Waals surface area contributed by atoms with Crippen LogP contribution in [0.1, 0.15) is 462 Å². The van der Waals surface area contributed by atoms with Crippen molar-refractivity contribution < 1.29 is 47.0 Å². The zero-order valence-corrected chi connectivity index (χ0v) is 88.3. The molecule has 0 aliphatic rings. The molecule has 0 saturated carbocycles. The highest BCUT2D eigenvalue weighted by Gasteiger charge is 2.52. The normalized spacial score (nSPS) is 12.9. The van der Waals surface area contributed by atoms with Crippen LogP contribution in [0.3, 0.4) is 0 Å². The Kier molecular flexibility index (Phi) is 70.0. The van der Waals surface area contributed by atoms with Crippen molar-refractivity contribution in [3.8, 4) is 0 Å². The molecule has 130 heavy (non-hydrogen) atoms. The quantitative estimate of drug-likeness (QED) is 0.0187. The smallest absolute Gasteiger partial charge is 0.306 e. The molecule has 0 aliphatic carbocycles. The molecule has 4 rings (SSSR count). The number of carbonyl (C=O) groups excluding carboxylic acids is 5. The molecule has 0 unspecified atom stereocenters. The third-order valence-electron chi connectivity index (χ3n) is 26.6. The molecule has 3 amide bonds. The molecule has 0 aromatic heterocycles. The second-order valence-corrected chi connectivity index (χ2v) is 49.0. The lowest BCUT2D eigenvalue weighted by atomic mass is 10.0. The van der Waals surface area contributed by atoms with Gasteiger partial charge in [-0.05, 0) is 88.6 Å². The summed E-state index contributed by atoms with van der Waals surface area (Å²) in [5.41, 5.74) is 0. The summed E-state index contributed by atoms with van der Waals surface area (Å²) < 4.78 is 33.1. The third-order valence-corrected chi connectivity index (χ3v) is 36.6. The summed E-state index contributed by atoms with van der Waals surface area (Å²) in [5, 5.41) is 11.2. The van der Waals surface area contributed by atoms with E-state index in [9.17, 15) is 24.0 Å². The molecule has 2 N–H and O–H groups in total. The molecule has 4 aromatic rings. The van der Waals surface area contributed by atoms with Crippen LogP contribution in [0.15, 0.2) is 121 Å². The van der Waals surface area contributed by atoms with Gasteiger partial charge in [0.25, 0.3) is 16.6 Å². The molecule has 742 valence electrons. The maximum Gasteiger partial charge on any atom is 0.306 e. The van der Waals surface area contributed by atoms with Crippen LogP contribution in [-0.4, -0.2) is 134 Å². The number of methoxy groups -OCH3 is 1. The van der Waals surface area contributed by atoms with Gasteiger partial charge in [-0.2, -0.15) is 0 Å². The number of nitrogens with one attached hydrogen (secondary N) is 2. The third kappa shape index (κ3) is 53.7. The summed E-state index contributed by atoms with van der Waals surface area (Å²) in [4.78, 5) is 71.7. The van der Waals surface area contributed by atoms with Crippen LogP contribution < -0.4 is 31.4 Å². The zero-order chi connectivity index (χ0) is 94.7. The number of hydrogen-bond acceptors (Lipinski definition) is 11. The summed E-state index contributed by atoms with van der Waals surface area (Å²) in [6.45, 7) is 32.0. The van der Waals surface area contributed by atoms with Crippen LogP contribution in [0, 0.1) is 0 Å². The van der Waals surface area contributed by atoms with Gasteiger partial charge in [0.2, 0.25) is 17.7 Å². The number of ether oxygens (including phenoxy) is 3. The highest BCUT2D eigenvalue weighted by atomic mass is 28.4. The lowest BCUT2D eigenvalue weighted by molar-refractivity contribution is -0.151. The Hall–Kier alpha value is -5.50. The van der Waals surface area contributed by atoms with Crippen molar-refractivity contribution >= 4 is 67.0 Å². The first-order valence-electron chi connectivity index (χ1n) is 54.0. The lowest BCUT2D eigenvalue weighted by Gasteiger charge is -2.44. The summed E-state index contributed by atoms with van der Waals surface area (Å²) in [6.07, 6.45) is 65.4. The van der Waals surface area contributed by atoms with E-state index in [-0.39, 0.29) is 64.6 Å².